The molecule has 0 saturated heterocycles. The Labute approximate surface area is 143 Å². The van der Waals surface area contributed by atoms with Crippen molar-refractivity contribution in [2.24, 2.45) is 10.2 Å². The van der Waals surface area contributed by atoms with Crippen LogP contribution in [0.15, 0.2) is 10.2 Å². The minimum absolute atomic E-state index is 0.550. The molecular weight excluding hydrogens is 360 g/mol. The summed E-state index contributed by atoms with van der Waals surface area (Å²) in [5.74, 6) is 1.49. The molecule has 0 spiro atoms. The van der Waals surface area contributed by atoms with Crippen molar-refractivity contribution in [1.29, 1.82) is 0 Å². The maximum atomic E-state index is 10.5. The maximum Gasteiger partial charge on any atom is 0.470 e. The lowest BCUT2D eigenvalue weighted by atomic mass is 10.2. The van der Waals surface area contributed by atoms with E-state index in [0.29, 0.717) is 0 Å². The summed E-state index contributed by atoms with van der Waals surface area (Å²) in [5, 5.41) is 26.5. The second-order valence-corrected chi connectivity index (χ2v) is 3.54. The molecule has 0 fully saturated rings. The Morgan fingerprint density at radius 2 is 1.35 bits per heavy atom. The SMILES string of the molecule is C#CC(=O)OCOC(=O)C#C.[N-]=[N+]=NCC(CN=[N+]=[N-])([N+](=O)[O-])[N+](=O)[O-]. The number of azide groups is 2. The molecule has 16 heteroatoms. The molecule has 0 aromatic carbocycles. The average molecular weight is 368 g/mol. The first kappa shape index (κ1) is 23.7. The summed E-state index contributed by atoms with van der Waals surface area (Å²) in [6.07, 6.45) is 9.23. The molecule has 0 radical (unpaired) electrons. The van der Waals surface area contributed by atoms with Gasteiger partial charge in [0, 0.05) is 21.7 Å². The van der Waals surface area contributed by atoms with E-state index in [-0.39, 0.29) is 0 Å². The van der Waals surface area contributed by atoms with E-state index in [1.807, 2.05) is 0 Å². The fourth-order valence-electron chi connectivity index (χ4n) is 0.857. The molecule has 16 nitrogen and oxygen atoms in total. The number of nitrogens with zero attached hydrogens (tertiary/aromatic N) is 8. The van der Waals surface area contributed by atoms with Gasteiger partial charge in [0.05, 0.1) is 9.85 Å². The number of hydrogen-bond acceptors (Lipinski definition) is 10. The standard InChI is InChI=1S/C7H4O4.C3H4N8O4/c1-3-6(8)10-5-11-7(9)4-2;4-8-6-1-3(10(12)13,11(14)15)2-7-9-5/h1-2H,5H2;1-2H2. The van der Waals surface area contributed by atoms with Crippen LogP contribution in [0.1, 0.15) is 0 Å². The molecule has 0 unspecified atom stereocenters. The molecular formula is C10H8N8O8. The van der Waals surface area contributed by atoms with Crippen LogP contribution in [0.3, 0.4) is 0 Å². The Balaban J connectivity index is 0. The number of nitro groups is 2. The number of esters is 2. The molecule has 0 aliphatic heterocycles. The quantitative estimate of drug-likeness (QED) is 0.0655. The van der Waals surface area contributed by atoms with Gasteiger partial charge in [-0.2, -0.15) is 0 Å². The Bertz CT molecular complexity index is 675. The van der Waals surface area contributed by atoms with Crippen molar-refractivity contribution in [1.82, 2.24) is 0 Å². The molecule has 0 N–H and O–H groups in total. The van der Waals surface area contributed by atoms with E-state index < -0.39 is 47.3 Å². The van der Waals surface area contributed by atoms with Crippen molar-refractivity contribution < 1.29 is 28.9 Å². The molecule has 136 valence electrons. The third-order valence-electron chi connectivity index (χ3n) is 2.07. The van der Waals surface area contributed by atoms with E-state index in [9.17, 15) is 29.8 Å². The van der Waals surface area contributed by atoms with Gasteiger partial charge < -0.3 is 9.47 Å². The van der Waals surface area contributed by atoms with Crippen molar-refractivity contribution >= 4 is 11.9 Å². The normalized spacial score (nSPS) is 8.54. The Hall–Kier alpha value is -4.52. The summed E-state index contributed by atoms with van der Waals surface area (Å²) in [7, 11) is 0. The molecule has 0 aliphatic carbocycles. The minimum atomic E-state index is -2.79. The van der Waals surface area contributed by atoms with Gasteiger partial charge in [-0.3, -0.25) is 20.2 Å². The van der Waals surface area contributed by atoms with Crippen LogP contribution in [0.4, 0.5) is 0 Å². The molecule has 0 bridgehead atoms. The monoisotopic (exact) mass is 368 g/mol. The first-order valence-corrected chi connectivity index (χ1v) is 5.79. The zero-order valence-corrected chi connectivity index (χ0v) is 12.6. The first-order valence-electron chi connectivity index (χ1n) is 5.79. The lowest BCUT2D eigenvalue weighted by Gasteiger charge is -2.11. The highest BCUT2D eigenvalue weighted by molar-refractivity contribution is 5.88. The number of hydrogen-bond donors (Lipinski definition) is 0. The number of rotatable bonds is 8. The molecule has 0 aromatic heterocycles. The van der Waals surface area contributed by atoms with E-state index >= 15 is 0 Å². The molecule has 0 amide bonds. The van der Waals surface area contributed by atoms with Crippen molar-refractivity contribution in [2.45, 2.75) is 5.66 Å². The molecule has 0 aromatic rings. The van der Waals surface area contributed by atoms with Gasteiger partial charge in [0.25, 0.3) is 0 Å². The van der Waals surface area contributed by atoms with Crippen molar-refractivity contribution in [3.05, 3.63) is 41.1 Å². The zero-order valence-electron chi connectivity index (χ0n) is 12.6. The van der Waals surface area contributed by atoms with Crippen LogP contribution < -0.4 is 0 Å². The predicted octanol–water partition coefficient (Wildman–Crippen LogP) is 0.153. The van der Waals surface area contributed by atoms with Gasteiger partial charge in [-0.05, 0) is 11.1 Å². The number of terminal acetylenes is 2. The fraction of sp³-hybridized carbons (Fsp3) is 0.400. The van der Waals surface area contributed by atoms with Gasteiger partial charge in [0.1, 0.15) is 0 Å². The molecule has 0 saturated carbocycles. The molecule has 0 atom stereocenters. The summed E-state index contributed by atoms with van der Waals surface area (Å²) in [4.78, 5) is 43.1. The van der Waals surface area contributed by atoms with Crippen LogP contribution >= 0.6 is 0 Å². The van der Waals surface area contributed by atoms with E-state index in [1.165, 1.54) is 0 Å². The van der Waals surface area contributed by atoms with Crippen LogP contribution in [0.2, 0.25) is 0 Å². The summed E-state index contributed by atoms with van der Waals surface area (Å²) in [6.45, 7) is -2.60. The van der Waals surface area contributed by atoms with Crippen LogP contribution in [-0.2, 0) is 19.1 Å². The van der Waals surface area contributed by atoms with Crippen LogP contribution in [-0.4, -0.2) is 47.3 Å². The van der Waals surface area contributed by atoms with Crippen LogP contribution in [0.25, 0.3) is 20.9 Å². The number of carbonyl (C=O) groups is 2. The summed E-state index contributed by atoms with van der Waals surface area (Å²) < 4.78 is 8.30. The van der Waals surface area contributed by atoms with Crippen LogP contribution in [0.5, 0.6) is 0 Å². The van der Waals surface area contributed by atoms with Crippen LogP contribution in [0, 0.1) is 44.9 Å². The lowest BCUT2D eigenvalue weighted by molar-refractivity contribution is -0.789. The third kappa shape index (κ3) is 8.81. The maximum absolute atomic E-state index is 10.5. The Morgan fingerprint density at radius 1 is 1.00 bits per heavy atom. The second-order valence-electron chi connectivity index (χ2n) is 3.54. The van der Waals surface area contributed by atoms with Crippen molar-refractivity contribution in [3.8, 4) is 24.7 Å². The molecule has 0 rings (SSSR count). The Kier molecular flexibility index (Phi) is 11.8. The highest BCUT2D eigenvalue weighted by Crippen LogP contribution is 2.13. The number of carbonyl (C=O) groups excluding carboxylic acids is 2. The highest BCUT2D eigenvalue weighted by atomic mass is 16.7. The second kappa shape index (κ2) is 13.0. The summed E-state index contributed by atoms with van der Waals surface area (Å²) in [5.41, 5.74) is 13.1. The number of ether oxygens (including phenoxy) is 2. The molecule has 26 heavy (non-hydrogen) atoms. The fourth-order valence-corrected chi connectivity index (χ4v) is 0.857. The topological polar surface area (TPSA) is 236 Å². The Morgan fingerprint density at radius 3 is 1.58 bits per heavy atom. The minimum Gasteiger partial charge on any atom is -0.418 e. The molecule has 0 aliphatic rings. The van der Waals surface area contributed by atoms with E-state index in [4.69, 9.17) is 11.1 Å². The van der Waals surface area contributed by atoms with Gasteiger partial charge in [0.15, 0.2) is 13.1 Å². The molecule has 0 heterocycles. The van der Waals surface area contributed by atoms with Crippen molar-refractivity contribution in [3.63, 3.8) is 0 Å². The smallest absolute Gasteiger partial charge is 0.418 e. The summed E-state index contributed by atoms with van der Waals surface area (Å²) in [6, 6.07) is 0. The van der Waals surface area contributed by atoms with Gasteiger partial charge in [-0.1, -0.05) is 10.2 Å². The lowest BCUT2D eigenvalue weighted by Crippen LogP contribution is -2.51. The van der Waals surface area contributed by atoms with Gasteiger partial charge >= 0.3 is 17.6 Å². The largest absolute Gasteiger partial charge is 0.470 e. The highest BCUT2D eigenvalue weighted by Gasteiger charge is 2.55. The third-order valence-corrected chi connectivity index (χ3v) is 2.07. The van der Waals surface area contributed by atoms with E-state index in [2.05, 4.69) is 42.4 Å². The van der Waals surface area contributed by atoms with Crippen molar-refractivity contribution in [2.75, 3.05) is 19.9 Å². The summed E-state index contributed by atoms with van der Waals surface area (Å²) >= 11 is 0. The zero-order chi connectivity index (χ0) is 20.6. The van der Waals surface area contributed by atoms with Gasteiger partial charge in [0.2, 0.25) is 6.79 Å². The predicted molar refractivity (Wildman–Crippen MR) is 79.5 cm³/mol. The average Bonchev–Trinajstić information content (AvgIpc) is 2.61. The first-order chi connectivity index (χ1) is 12.2. The van der Waals surface area contributed by atoms with E-state index in [0.717, 1.165) is 0 Å². The van der Waals surface area contributed by atoms with Gasteiger partial charge in [-0.25, -0.2) is 9.59 Å². The van der Waals surface area contributed by atoms with E-state index in [1.54, 1.807) is 11.8 Å². The van der Waals surface area contributed by atoms with Gasteiger partial charge in [-0.15, -0.1) is 12.8 Å².